The van der Waals surface area contributed by atoms with Gasteiger partial charge in [0.2, 0.25) is 0 Å². The third-order valence-corrected chi connectivity index (χ3v) is 10.1. The first-order chi connectivity index (χ1) is 26.9. The van der Waals surface area contributed by atoms with Gasteiger partial charge in [0.1, 0.15) is 43.2 Å². The molecule has 0 bridgehead atoms. The maximum atomic E-state index is 12.8. The van der Waals surface area contributed by atoms with Crippen molar-refractivity contribution in [3.8, 4) is 0 Å². The number of allylic oxidation sites excluding steroid dienone is 10. The van der Waals surface area contributed by atoms with Crippen LogP contribution in [0.3, 0.4) is 0 Å². The van der Waals surface area contributed by atoms with Gasteiger partial charge < -0.3 is 39.9 Å². The molecule has 0 aromatic heterocycles. The third kappa shape index (κ3) is 25.0. The van der Waals surface area contributed by atoms with E-state index in [0.717, 1.165) is 51.4 Å². The van der Waals surface area contributed by atoms with Crippen LogP contribution in [0.1, 0.15) is 136 Å². The summed E-state index contributed by atoms with van der Waals surface area (Å²) >= 11 is 0. The first-order valence-electron chi connectivity index (χ1n) is 20.6. The summed E-state index contributed by atoms with van der Waals surface area (Å²) in [5.41, 5.74) is 0. The van der Waals surface area contributed by atoms with E-state index in [0.29, 0.717) is 19.3 Å². The molecule has 6 unspecified atom stereocenters. The van der Waals surface area contributed by atoms with Crippen molar-refractivity contribution in [1.29, 1.82) is 0 Å². The monoisotopic (exact) mass is 814 g/mol. The van der Waals surface area contributed by atoms with Crippen LogP contribution in [0, 0.1) is 0 Å². The quantitative estimate of drug-likeness (QED) is 0.0175. The van der Waals surface area contributed by atoms with Crippen molar-refractivity contribution in [3.63, 3.8) is 0 Å². The average Bonchev–Trinajstić information content (AvgIpc) is 3.18. The summed E-state index contributed by atoms with van der Waals surface area (Å²) in [6.07, 6.45) is 24.5. The molecule has 1 aliphatic carbocycles. The first kappa shape index (κ1) is 51.6. The molecule has 0 spiro atoms. The van der Waals surface area contributed by atoms with Crippen LogP contribution >= 0.6 is 7.82 Å². The van der Waals surface area contributed by atoms with E-state index < -0.39 is 75.7 Å². The van der Waals surface area contributed by atoms with Gasteiger partial charge in [0.15, 0.2) is 6.10 Å². The molecule has 1 saturated carbocycles. The molecule has 8 atom stereocenters. The Labute approximate surface area is 334 Å². The van der Waals surface area contributed by atoms with Crippen LogP contribution in [0.2, 0.25) is 0 Å². The number of ether oxygens (including phenoxy) is 2. The number of phosphoric ester groups is 1. The van der Waals surface area contributed by atoms with E-state index >= 15 is 0 Å². The number of rotatable bonds is 32. The number of phosphoric acid groups is 1. The normalized spacial score (nSPS) is 23.5. The lowest BCUT2D eigenvalue weighted by Crippen LogP contribution is -2.64. The average molecular weight is 815 g/mol. The number of esters is 2. The third-order valence-electron chi connectivity index (χ3n) is 9.12. The Balaban J connectivity index is 2.56. The fraction of sp³-hybridized carbons (Fsp3) is 0.714. The number of carbonyl (C=O) groups is 2. The first-order valence-corrected chi connectivity index (χ1v) is 22.1. The lowest BCUT2D eigenvalue weighted by molar-refractivity contribution is -0.220. The summed E-state index contributed by atoms with van der Waals surface area (Å²) in [5, 5.41) is 50.0. The molecule has 0 amide bonds. The van der Waals surface area contributed by atoms with Crippen LogP contribution in [0.15, 0.2) is 60.8 Å². The zero-order chi connectivity index (χ0) is 41.4. The number of unbranched alkanes of at least 4 members (excludes halogenated alkanes) is 10. The van der Waals surface area contributed by atoms with Gasteiger partial charge in [-0.3, -0.25) is 18.6 Å². The molecule has 0 heterocycles. The second-order valence-electron chi connectivity index (χ2n) is 14.1. The van der Waals surface area contributed by atoms with Gasteiger partial charge in [-0.15, -0.1) is 0 Å². The molecule has 0 saturated heterocycles. The second-order valence-corrected chi connectivity index (χ2v) is 15.5. The number of hydrogen-bond acceptors (Lipinski definition) is 12. The summed E-state index contributed by atoms with van der Waals surface area (Å²) < 4.78 is 33.3. The molecule has 1 aliphatic rings. The van der Waals surface area contributed by atoms with E-state index in [4.69, 9.17) is 18.5 Å². The van der Waals surface area contributed by atoms with Crippen molar-refractivity contribution in [2.75, 3.05) is 13.2 Å². The summed E-state index contributed by atoms with van der Waals surface area (Å²) in [7, 11) is -5.13. The van der Waals surface area contributed by atoms with E-state index in [1.165, 1.54) is 38.5 Å². The molecule has 56 heavy (non-hydrogen) atoms. The highest BCUT2D eigenvalue weighted by molar-refractivity contribution is 7.47. The van der Waals surface area contributed by atoms with Crippen molar-refractivity contribution < 1.29 is 63.1 Å². The van der Waals surface area contributed by atoms with Crippen LogP contribution < -0.4 is 0 Å². The molecule has 1 rings (SSSR count). The predicted octanol–water partition coefficient (Wildman–Crippen LogP) is 6.99. The van der Waals surface area contributed by atoms with Gasteiger partial charge in [-0.25, -0.2) is 4.57 Å². The van der Waals surface area contributed by atoms with Gasteiger partial charge >= 0.3 is 19.8 Å². The predicted molar refractivity (Wildman–Crippen MR) is 216 cm³/mol. The number of aliphatic hydroxyl groups is 5. The van der Waals surface area contributed by atoms with Crippen molar-refractivity contribution in [2.24, 2.45) is 0 Å². The van der Waals surface area contributed by atoms with Gasteiger partial charge in [0, 0.05) is 12.8 Å². The fourth-order valence-corrected chi connectivity index (χ4v) is 6.76. The molecule has 14 heteroatoms. The number of hydrogen-bond donors (Lipinski definition) is 6. The Hall–Kier alpha value is -2.45. The Morgan fingerprint density at radius 3 is 1.54 bits per heavy atom. The number of carbonyl (C=O) groups excluding carboxylic acids is 2. The molecule has 0 aliphatic heterocycles. The molecule has 0 aromatic carbocycles. The van der Waals surface area contributed by atoms with E-state index in [-0.39, 0.29) is 12.8 Å². The smallest absolute Gasteiger partial charge is 0.462 e. The zero-order valence-corrected chi connectivity index (χ0v) is 34.5. The van der Waals surface area contributed by atoms with Crippen molar-refractivity contribution in [2.45, 2.75) is 179 Å². The second kappa shape index (κ2) is 32.5. The molecule has 0 aromatic rings. The van der Waals surface area contributed by atoms with Gasteiger partial charge in [-0.05, 0) is 51.4 Å². The van der Waals surface area contributed by atoms with Gasteiger partial charge in [0.25, 0.3) is 0 Å². The Bertz CT molecular complexity index is 1220. The maximum absolute atomic E-state index is 12.8. The maximum Gasteiger partial charge on any atom is 0.472 e. The molecular formula is C42H71O13P. The highest BCUT2D eigenvalue weighted by Gasteiger charge is 2.51. The minimum Gasteiger partial charge on any atom is -0.462 e. The van der Waals surface area contributed by atoms with E-state index in [9.17, 15) is 44.6 Å². The van der Waals surface area contributed by atoms with Crippen LogP contribution in [0.4, 0.5) is 0 Å². The summed E-state index contributed by atoms with van der Waals surface area (Å²) in [5.74, 6) is -1.17. The topological polar surface area (TPSA) is 210 Å². The van der Waals surface area contributed by atoms with Crippen LogP contribution in [0.25, 0.3) is 0 Å². The lowest BCUT2D eigenvalue weighted by atomic mass is 9.85. The van der Waals surface area contributed by atoms with Crippen LogP contribution in [-0.4, -0.2) is 98.3 Å². The summed E-state index contributed by atoms with van der Waals surface area (Å²) in [6.45, 7) is 3.09. The van der Waals surface area contributed by atoms with E-state index in [1.807, 2.05) is 12.2 Å². The highest BCUT2D eigenvalue weighted by Crippen LogP contribution is 2.47. The van der Waals surface area contributed by atoms with Crippen molar-refractivity contribution >= 4 is 19.8 Å². The molecule has 1 fully saturated rings. The van der Waals surface area contributed by atoms with Gasteiger partial charge in [-0.1, -0.05) is 132 Å². The standard InChI is InChI=1S/C42H71O13P/c1-3-5-7-9-11-13-15-16-17-18-19-20-21-23-25-27-29-31-36(44)54-34(32-52-35(43)30-28-26-24-22-14-12-10-8-6-4-2)33-53-56(50,51)55-42-40(48)38(46)37(45)39(47)41(42)49/h5,7,11,13,16-17,19-20,23,25,34,37-42,45-49H,3-4,6,8-10,12,14-15,18,21-22,24,26-33H2,1-2H3,(H,50,51)/b7-5+,13-11+,17-16+,20-19+,25-23+/t34-,37?,38+,39?,40?,41?,42?/m1/s1. The largest absolute Gasteiger partial charge is 0.472 e. The molecule has 6 N–H and O–H groups in total. The molecule has 13 nitrogen and oxygen atoms in total. The van der Waals surface area contributed by atoms with E-state index in [1.54, 1.807) is 0 Å². The minimum absolute atomic E-state index is 0.0171. The molecular weight excluding hydrogens is 743 g/mol. The zero-order valence-electron chi connectivity index (χ0n) is 33.7. The lowest BCUT2D eigenvalue weighted by Gasteiger charge is -2.41. The van der Waals surface area contributed by atoms with Gasteiger partial charge in [-0.2, -0.15) is 0 Å². The summed E-state index contributed by atoms with van der Waals surface area (Å²) in [6, 6.07) is 0. The van der Waals surface area contributed by atoms with Crippen LogP contribution in [-0.2, 0) is 32.7 Å². The summed E-state index contributed by atoms with van der Waals surface area (Å²) in [4.78, 5) is 35.5. The highest BCUT2D eigenvalue weighted by atomic mass is 31.2. The molecule has 0 radical (unpaired) electrons. The number of aliphatic hydroxyl groups excluding tert-OH is 5. The van der Waals surface area contributed by atoms with Crippen molar-refractivity contribution in [3.05, 3.63) is 60.8 Å². The Morgan fingerprint density at radius 1 is 0.571 bits per heavy atom. The van der Waals surface area contributed by atoms with Gasteiger partial charge in [0.05, 0.1) is 6.61 Å². The minimum atomic E-state index is -5.13. The van der Waals surface area contributed by atoms with Crippen LogP contribution in [0.5, 0.6) is 0 Å². The fourth-order valence-electron chi connectivity index (χ4n) is 5.79. The Kier molecular flexibility index (Phi) is 29.9. The van der Waals surface area contributed by atoms with Crippen molar-refractivity contribution in [1.82, 2.24) is 0 Å². The van der Waals surface area contributed by atoms with E-state index in [2.05, 4.69) is 62.5 Å². The molecule has 322 valence electrons. The SMILES string of the molecule is CC/C=C/C/C=C/C/C=C/C/C=C/C/C=C/CCCC(=O)O[C@H](COC(=O)CCCCCCCCCCCC)COP(=O)(O)OC1C(O)C(O)C(O)[C@H](O)C1O. The Morgan fingerprint density at radius 2 is 1.02 bits per heavy atom.